The van der Waals surface area contributed by atoms with Crippen molar-refractivity contribution in [2.24, 2.45) is 0 Å². The van der Waals surface area contributed by atoms with Gasteiger partial charge < -0.3 is 4.74 Å². The van der Waals surface area contributed by atoms with Crippen molar-refractivity contribution in [2.45, 2.75) is 38.9 Å². The van der Waals surface area contributed by atoms with E-state index in [0.717, 1.165) is 19.6 Å². The highest BCUT2D eigenvalue weighted by Crippen LogP contribution is 2.20. The molecule has 0 amide bonds. The molecule has 0 bridgehead atoms. The highest BCUT2D eigenvalue weighted by molar-refractivity contribution is 8.13. The first-order valence-corrected chi connectivity index (χ1v) is 7.98. The Morgan fingerprint density at radius 3 is 2.62 bits per heavy atom. The van der Waals surface area contributed by atoms with E-state index in [0.29, 0.717) is 6.42 Å². The van der Waals surface area contributed by atoms with E-state index in [9.17, 15) is 8.42 Å². The minimum absolute atomic E-state index is 0.0424. The second-order valence-corrected chi connectivity index (χ2v) is 7.92. The lowest BCUT2D eigenvalue weighted by molar-refractivity contribution is -0.128. The molecule has 96 valence electrons. The molecule has 0 saturated carbocycles. The Hall–Kier alpha value is 0.160. The SMILES string of the molecule is CC1CN(CCCS(=O)(=O)Cl)CC(C)(C)O1. The third kappa shape index (κ3) is 5.48. The zero-order chi connectivity index (χ0) is 12.4. The van der Waals surface area contributed by atoms with Gasteiger partial charge >= 0.3 is 0 Å². The number of halogens is 1. The first-order chi connectivity index (χ1) is 7.18. The fourth-order valence-electron chi connectivity index (χ4n) is 2.22. The molecule has 1 aliphatic rings. The first-order valence-electron chi connectivity index (χ1n) is 5.50. The quantitative estimate of drug-likeness (QED) is 0.725. The van der Waals surface area contributed by atoms with Crippen LogP contribution in [0, 0.1) is 0 Å². The summed E-state index contributed by atoms with van der Waals surface area (Å²) in [6.07, 6.45) is 0.769. The zero-order valence-corrected chi connectivity index (χ0v) is 11.6. The number of hydrogen-bond acceptors (Lipinski definition) is 4. The van der Waals surface area contributed by atoms with Gasteiger partial charge in [0.25, 0.3) is 0 Å². The van der Waals surface area contributed by atoms with Gasteiger partial charge in [-0.25, -0.2) is 8.42 Å². The van der Waals surface area contributed by atoms with E-state index >= 15 is 0 Å². The Bertz CT molecular complexity index is 329. The molecule has 0 radical (unpaired) electrons. The van der Waals surface area contributed by atoms with Gasteiger partial charge in [0.1, 0.15) is 0 Å². The summed E-state index contributed by atoms with van der Waals surface area (Å²) in [6.45, 7) is 8.57. The Morgan fingerprint density at radius 2 is 2.12 bits per heavy atom. The fraction of sp³-hybridized carbons (Fsp3) is 1.00. The standard InChI is InChI=1S/C10H20ClNO3S/c1-9-7-12(8-10(2,3)15-9)5-4-6-16(11,13)14/h9H,4-8H2,1-3H3. The van der Waals surface area contributed by atoms with Crippen molar-refractivity contribution >= 4 is 19.7 Å². The van der Waals surface area contributed by atoms with Crippen LogP contribution in [0.3, 0.4) is 0 Å². The van der Waals surface area contributed by atoms with Crippen LogP contribution in [-0.2, 0) is 13.8 Å². The van der Waals surface area contributed by atoms with Crippen LogP contribution in [-0.4, -0.2) is 50.4 Å². The van der Waals surface area contributed by atoms with Crippen LogP contribution < -0.4 is 0 Å². The molecule has 1 aliphatic heterocycles. The minimum Gasteiger partial charge on any atom is -0.370 e. The molecule has 0 N–H and O–H groups in total. The van der Waals surface area contributed by atoms with Gasteiger partial charge in [0.05, 0.1) is 17.5 Å². The lowest BCUT2D eigenvalue weighted by Crippen LogP contribution is -2.52. The van der Waals surface area contributed by atoms with Gasteiger partial charge in [-0.2, -0.15) is 0 Å². The smallest absolute Gasteiger partial charge is 0.232 e. The van der Waals surface area contributed by atoms with E-state index in [4.69, 9.17) is 15.4 Å². The summed E-state index contributed by atoms with van der Waals surface area (Å²) in [6, 6.07) is 0. The number of morpholine rings is 1. The lowest BCUT2D eigenvalue weighted by Gasteiger charge is -2.41. The van der Waals surface area contributed by atoms with Crippen LogP contribution in [0.4, 0.5) is 0 Å². The van der Waals surface area contributed by atoms with Gasteiger partial charge in [-0.3, -0.25) is 4.90 Å². The molecule has 1 fully saturated rings. The number of hydrogen-bond donors (Lipinski definition) is 0. The average molecular weight is 270 g/mol. The van der Waals surface area contributed by atoms with Gasteiger partial charge in [-0.1, -0.05) is 0 Å². The third-order valence-corrected chi connectivity index (χ3v) is 3.74. The predicted molar refractivity (Wildman–Crippen MR) is 65.3 cm³/mol. The summed E-state index contributed by atoms with van der Waals surface area (Å²) in [7, 11) is 1.81. The second-order valence-electron chi connectivity index (χ2n) is 5.02. The summed E-state index contributed by atoms with van der Waals surface area (Å²) in [5.74, 6) is 0.0424. The monoisotopic (exact) mass is 269 g/mol. The molecule has 0 aromatic heterocycles. The molecule has 1 atom stereocenters. The predicted octanol–water partition coefficient (Wildman–Crippen LogP) is 1.44. The zero-order valence-electron chi connectivity index (χ0n) is 10.1. The second kappa shape index (κ2) is 5.21. The maximum Gasteiger partial charge on any atom is 0.232 e. The number of ether oxygens (including phenoxy) is 1. The van der Waals surface area contributed by atoms with E-state index in [-0.39, 0.29) is 17.5 Å². The Balaban J connectivity index is 2.37. The van der Waals surface area contributed by atoms with E-state index in [1.807, 2.05) is 20.8 Å². The van der Waals surface area contributed by atoms with E-state index in [2.05, 4.69) is 4.90 Å². The summed E-state index contributed by atoms with van der Waals surface area (Å²) >= 11 is 0. The van der Waals surface area contributed by atoms with E-state index in [1.165, 1.54) is 0 Å². The molecule has 0 spiro atoms. The fourth-order valence-corrected chi connectivity index (χ4v) is 3.02. The van der Waals surface area contributed by atoms with Crippen LogP contribution in [0.5, 0.6) is 0 Å². The van der Waals surface area contributed by atoms with Crippen molar-refractivity contribution in [1.82, 2.24) is 4.90 Å². The highest BCUT2D eigenvalue weighted by atomic mass is 35.7. The highest BCUT2D eigenvalue weighted by Gasteiger charge is 2.30. The first kappa shape index (κ1) is 14.2. The van der Waals surface area contributed by atoms with Crippen LogP contribution in [0.25, 0.3) is 0 Å². The average Bonchev–Trinajstić information content (AvgIpc) is 1.96. The van der Waals surface area contributed by atoms with Gasteiger partial charge in [-0.15, -0.1) is 0 Å². The van der Waals surface area contributed by atoms with E-state index in [1.54, 1.807) is 0 Å². The van der Waals surface area contributed by atoms with Crippen LogP contribution in [0.1, 0.15) is 27.2 Å². The largest absolute Gasteiger partial charge is 0.370 e. The molecule has 0 aromatic rings. The molecule has 0 aromatic carbocycles. The maximum absolute atomic E-state index is 10.8. The van der Waals surface area contributed by atoms with Crippen molar-refractivity contribution in [3.8, 4) is 0 Å². The number of rotatable bonds is 4. The van der Waals surface area contributed by atoms with Crippen molar-refractivity contribution in [2.75, 3.05) is 25.4 Å². The lowest BCUT2D eigenvalue weighted by atomic mass is 10.1. The maximum atomic E-state index is 10.8. The van der Waals surface area contributed by atoms with Crippen LogP contribution >= 0.6 is 10.7 Å². The minimum atomic E-state index is -3.35. The van der Waals surface area contributed by atoms with E-state index < -0.39 is 9.05 Å². The van der Waals surface area contributed by atoms with Gasteiger partial charge in [-0.05, 0) is 33.7 Å². The summed E-state index contributed by atoms with van der Waals surface area (Å²) < 4.78 is 27.3. The third-order valence-electron chi connectivity index (χ3n) is 2.50. The Morgan fingerprint density at radius 1 is 1.50 bits per heavy atom. The van der Waals surface area contributed by atoms with Gasteiger partial charge in [0, 0.05) is 23.8 Å². The van der Waals surface area contributed by atoms with Crippen molar-refractivity contribution < 1.29 is 13.2 Å². The Labute approximate surface area is 102 Å². The Kier molecular flexibility index (Phi) is 4.63. The number of nitrogens with zero attached hydrogens (tertiary/aromatic N) is 1. The molecule has 6 heteroatoms. The molecule has 4 nitrogen and oxygen atoms in total. The van der Waals surface area contributed by atoms with Crippen molar-refractivity contribution in [3.63, 3.8) is 0 Å². The topological polar surface area (TPSA) is 46.6 Å². The molecular weight excluding hydrogens is 250 g/mol. The normalized spacial score (nSPS) is 26.9. The van der Waals surface area contributed by atoms with Gasteiger partial charge in [0.2, 0.25) is 9.05 Å². The molecule has 1 saturated heterocycles. The molecule has 1 heterocycles. The van der Waals surface area contributed by atoms with Crippen molar-refractivity contribution in [1.29, 1.82) is 0 Å². The molecule has 1 rings (SSSR count). The van der Waals surface area contributed by atoms with Crippen molar-refractivity contribution in [3.05, 3.63) is 0 Å². The molecular formula is C10H20ClNO3S. The van der Waals surface area contributed by atoms with Crippen LogP contribution in [0.15, 0.2) is 0 Å². The summed E-state index contributed by atoms with van der Waals surface area (Å²) in [4.78, 5) is 2.23. The van der Waals surface area contributed by atoms with Crippen LogP contribution in [0.2, 0.25) is 0 Å². The molecule has 16 heavy (non-hydrogen) atoms. The summed E-state index contributed by atoms with van der Waals surface area (Å²) in [5.41, 5.74) is -0.155. The summed E-state index contributed by atoms with van der Waals surface area (Å²) in [5, 5.41) is 0. The van der Waals surface area contributed by atoms with Gasteiger partial charge in [0.15, 0.2) is 0 Å². The molecule has 0 aliphatic carbocycles. The molecule has 1 unspecified atom stereocenters.